The van der Waals surface area contributed by atoms with Gasteiger partial charge in [-0.15, -0.1) is 10.2 Å². The van der Waals surface area contributed by atoms with E-state index >= 15 is 0 Å². The highest BCUT2D eigenvalue weighted by Gasteiger charge is 2.18. The maximum Gasteiger partial charge on any atom is 0.234 e. The van der Waals surface area contributed by atoms with Gasteiger partial charge in [-0.1, -0.05) is 53.7 Å². The number of ketones is 1. The third kappa shape index (κ3) is 4.61. The zero-order valence-electron chi connectivity index (χ0n) is 17.3. The number of amides is 1. The van der Waals surface area contributed by atoms with Crippen LogP contribution in [-0.4, -0.2) is 32.2 Å². The molecule has 0 unspecified atom stereocenters. The maximum absolute atomic E-state index is 12.9. The number of hydrogen-bond acceptors (Lipinski definition) is 6. The first-order valence-corrected chi connectivity index (χ1v) is 11.1. The van der Waals surface area contributed by atoms with E-state index in [-0.39, 0.29) is 17.4 Å². The van der Waals surface area contributed by atoms with Gasteiger partial charge in [0.2, 0.25) is 5.91 Å². The van der Waals surface area contributed by atoms with E-state index in [1.54, 1.807) is 48.7 Å². The molecule has 4 aromatic rings. The minimum Gasteiger partial charge on any atom is -0.469 e. The second-order valence-corrected chi connectivity index (χ2v) is 8.36. The van der Waals surface area contributed by atoms with Crippen LogP contribution in [0.1, 0.15) is 21.7 Å². The van der Waals surface area contributed by atoms with Gasteiger partial charge in [0.25, 0.3) is 0 Å². The zero-order chi connectivity index (χ0) is 22.7. The van der Waals surface area contributed by atoms with Gasteiger partial charge < -0.3 is 14.3 Å². The summed E-state index contributed by atoms with van der Waals surface area (Å²) in [4.78, 5) is 25.6. The molecule has 2 aromatic carbocycles. The van der Waals surface area contributed by atoms with E-state index in [9.17, 15) is 9.59 Å². The van der Waals surface area contributed by atoms with Gasteiger partial charge in [-0.25, -0.2) is 0 Å². The first kappa shape index (κ1) is 21.9. The fraction of sp³-hybridized carbons (Fsp3) is 0.130. The van der Waals surface area contributed by atoms with Crippen LogP contribution in [0.5, 0.6) is 0 Å². The highest BCUT2D eigenvalue weighted by atomic mass is 35.5. The van der Waals surface area contributed by atoms with Crippen molar-refractivity contribution in [2.75, 3.05) is 11.1 Å². The van der Waals surface area contributed by atoms with Gasteiger partial charge in [0, 0.05) is 23.2 Å². The van der Waals surface area contributed by atoms with E-state index < -0.39 is 0 Å². The van der Waals surface area contributed by atoms with Gasteiger partial charge in [0.15, 0.2) is 16.8 Å². The molecular formula is C23H19ClN4O3S. The molecule has 0 fully saturated rings. The Labute approximate surface area is 193 Å². The van der Waals surface area contributed by atoms with Crippen LogP contribution >= 0.6 is 23.4 Å². The summed E-state index contributed by atoms with van der Waals surface area (Å²) in [6.45, 7) is 1.85. The Bertz CT molecular complexity index is 1280. The lowest BCUT2D eigenvalue weighted by atomic mass is 10.0. The minimum atomic E-state index is -0.275. The number of furan rings is 1. The van der Waals surface area contributed by atoms with Crippen LogP contribution in [0.2, 0.25) is 5.02 Å². The third-order valence-electron chi connectivity index (χ3n) is 4.80. The number of benzene rings is 2. The fourth-order valence-corrected chi connectivity index (χ4v) is 4.05. The van der Waals surface area contributed by atoms with Gasteiger partial charge in [0.05, 0.1) is 23.3 Å². The summed E-state index contributed by atoms with van der Waals surface area (Å²) in [5, 5.41) is 12.2. The molecule has 0 atom stereocenters. The number of thioether (sulfide) groups is 1. The SMILES string of the molecule is Cc1occc1-c1nnc(SCC(=O)Nc2ccc(Cl)cc2C(=O)c2ccccc2)n1C. The molecule has 32 heavy (non-hydrogen) atoms. The quantitative estimate of drug-likeness (QED) is 0.304. The number of hydrogen-bond donors (Lipinski definition) is 1. The van der Waals surface area contributed by atoms with E-state index in [2.05, 4.69) is 15.5 Å². The van der Waals surface area contributed by atoms with Crippen molar-refractivity contribution in [3.05, 3.63) is 82.8 Å². The Hall–Kier alpha value is -3.36. The zero-order valence-corrected chi connectivity index (χ0v) is 18.9. The Kier molecular flexibility index (Phi) is 6.43. The molecule has 0 saturated heterocycles. The number of aromatic nitrogens is 3. The normalized spacial score (nSPS) is 10.8. The van der Waals surface area contributed by atoms with Crippen LogP contribution in [0.15, 0.2) is 70.4 Å². The van der Waals surface area contributed by atoms with Gasteiger partial charge in [0.1, 0.15) is 5.76 Å². The second-order valence-electron chi connectivity index (χ2n) is 6.98. The van der Waals surface area contributed by atoms with E-state index in [1.807, 2.05) is 30.7 Å². The monoisotopic (exact) mass is 466 g/mol. The lowest BCUT2D eigenvalue weighted by Gasteiger charge is -2.11. The standard InChI is InChI=1S/C23H19ClN4O3S/c1-14-17(10-11-31-14)22-26-27-23(28(22)2)32-13-20(29)25-19-9-8-16(24)12-18(19)21(30)15-6-4-3-5-7-15/h3-12H,13H2,1-2H3,(H,25,29). The number of carbonyl (C=O) groups is 2. The largest absolute Gasteiger partial charge is 0.469 e. The number of carbonyl (C=O) groups excluding carboxylic acids is 2. The average Bonchev–Trinajstić information content (AvgIpc) is 3.38. The number of halogens is 1. The fourth-order valence-electron chi connectivity index (χ4n) is 3.17. The lowest BCUT2D eigenvalue weighted by molar-refractivity contribution is -0.113. The van der Waals surface area contributed by atoms with Gasteiger partial charge in [-0.2, -0.15) is 0 Å². The molecule has 2 aromatic heterocycles. The van der Waals surface area contributed by atoms with Gasteiger partial charge in [-0.05, 0) is 31.2 Å². The van der Waals surface area contributed by atoms with Crippen LogP contribution in [-0.2, 0) is 11.8 Å². The molecular weight excluding hydrogens is 448 g/mol. The third-order valence-corrected chi connectivity index (χ3v) is 6.06. The van der Waals surface area contributed by atoms with Crippen molar-refractivity contribution in [1.82, 2.24) is 14.8 Å². The smallest absolute Gasteiger partial charge is 0.234 e. The predicted octanol–water partition coefficient (Wildman–Crippen LogP) is 5.00. The molecule has 9 heteroatoms. The molecule has 2 heterocycles. The summed E-state index contributed by atoms with van der Waals surface area (Å²) in [7, 11) is 1.83. The van der Waals surface area contributed by atoms with E-state index in [0.29, 0.717) is 32.8 Å². The van der Waals surface area contributed by atoms with Crippen LogP contribution in [0, 0.1) is 6.92 Å². The first-order valence-electron chi connectivity index (χ1n) is 9.70. The van der Waals surface area contributed by atoms with Crippen LogP contribution in [0.4, 0.5) is 5.69 Å². The number of nitrogens with zero attached hydrogens (tertiary/aromatic N) is 3. The molecule has 1 N–H and O–H groups in total. The summed E-state index contributed by atoms with van der Waals surface area (Å²) < 4.78 is 7.14. The van der Waals surface area contributed by atoms with Gasteiger partial charge >= 0.3 is 0 Å². The second kappa shape index (κ2) is 9.42. The molecule has 162 valence electrons. The van der Waals surface area contributed by atoms with Crippen LogP contribution in [0.25, 0.3) is 11.4 Å². The predicted molar refractivity (Wildman–Crippen MR) is 124 cm³/mol. The highest BCUT2D eigenvalue weighted by Crippen LogP contribution is 2.27. The summed E-state index contributed by atoms with van der Waals surface area (Å²) in [6.07, 6.45) is 1.60. The van der Waals surface area contributed by atoms with E-state index in [1.165, 1.54) is 11.8 Å². The molecule has 4 rings (SSSR count). The minimum absolute atomic E-state index is 0.0952. The molecule has 0 bridgehead atoms. The molecule has 0 aliphatic rings. The molecule has 1 amide bonds. The molecule has 0 saturated carbocycles. The Morgan fingerprint density at radius 3 is 2.62 bits per heavy atom. The Morgan fingerprint density at radius 2 is 1.91 bits per heavy atom. The van der Waals surface area contributed by atoms with Crippen molar-refractivity contribution < 1.29 is 14.0 Å². The van der Waals surface area contributed by atoms with Crippen molar-refractivity contribution >= 4 is 40.7 Å². The number of nitrogens with one attached hydrogen (secondary N) is 1. The number of rotatable bonds is 7. The average molecular weight is 467 g/mol. The summed E-state index contributed by atoms with van der Waals surface area (Å²) >= 11 is 7.35. The molecule has 0 aliphatic heterocycles. The van der Waals surface area contributed by atoms with Crippen molar-refractivity contribution in [3.8, 4) is 11.4 Å². The van der Waals surface area contributed by atoms with Crippen molar-refractivity contribution in [3.63, 3.8) is 0 Å². The number of anilines is 1. The first-order chi connectivity index (χ1) is 15.4. The molecule has 7 nitrogen and oxygen atoms in total. The Morgan fingerprint density at radius 1 is 1.12 bits per heavy atom. The number of aryl methyl sites for hydroxylation is 1. The van der Waals surface area contributed by atoms with Crippen LogP contribution in [0.3, 0.4) is 0 Å². The maximum atomic E-state index is 12.9. The van der Waals surface area contributed by atoms with Gasteiger partial charge in [-0.3, -0.25) is 9.59 Å². The van der Waals surface area contributed by atoms with Crippen molar-refractivity contribution in [1.29, 1.82) is 0 Å². The Balaban J connectivity index is 1.47. The summed E-state index contributed by atoms with van der Waals surface area (Å²) in [5.74, 6) is 1.01. The summed E-state index contributed by atoms with van der Waals surface area (Å²) in [6, 6.07) is 15.5. The molecule has 0 spiro atoms. The molecule has 0 aliphatic carbocycles. The van der Waals surface area contributed by atoms with E-state index in [4.69, 9.17) is 16.0 Å². The summed E-state index contributed by atoms with van der Waals surface area (Å²) in [5.41, 5.74) is 2.10. The van der Waals surface area contributed by atoms with Crippen molar-refractivity contribution in [2.24, 2.45) is 7.05 Å². The van der Waals surface area contributed by atoms with Crippen LogP contribution < -0.4 is 5.32 Å². The topological polar surface area (TPSA) is 90.0 Å². The molecule has 0 radical (unpaired) electrons. The lowest BCUT2D eigenvalue weighted by Crippen LogP contribution is -2.17. The van der Waals surface area contributed by atoms with E-state index in [0.717, 1.165) is 11.3 Å². The van der Waals surface area contributed by atoms with Crippen molar-refractivity contribution in [2.45, 2.75) is 12.1 Å². The highest BCUT2D eigenvalue weighted by molar-refractivity contribution is 7.99.